The van der Waals surface area contributed by atoms with Crippen LogP contribution in [0.4, 0.5) is 0 Å². The van der Waals surface area contributed by atoms with Gasteiger partial charge in [-0.15, -0.1) is 11.8 Å². The molecular weight excluding hydrogens is 376 g/mol. The highest BCUT2D eigenvalue weighted by Gasteiger charge is 2.27. The highest BCUT2D eigenvalue weighted by molar-refractivity contribution is 7.99. The highest BCUT2D eigenvalue weighted by Crippen LogP contribution is 2.25. The molecule has 0 heterocycles. The van der Waals surface area contributed by atoms with Crippen molar-refractivity contribution >= 4 is 27.4 Å². The van der Waals surface area contributed by atoms with Crippen LogP contribution in [0.3, 0.4) is 0 Å². The molecule has 1 unspecified atom stereocenters. The van der Waals surface area contributed by atoms with Gasteiger partial charge in [-0.1, -0.05) is 49.2 Å². The Hall–Kier alpha value is -1.59. The molecule has 27 heavy (non-hydrogen) atoms. The SMILES string of the molecule is Cc1ccc(SCC(CS(=O)(=O)c2ccc(C)cc2)C(=O)CC(C)C)cc1. The van der Waals surface area contributed by atoms with E-state index in [1.54, 1.807) is 36.0 Å². The van der Waals surface area contributed by atoms with Crippen LogP contribution < -0.4 is 0 Å². The molecule has 0 aliphatic carbocycles. The van der Waals surface area contributed by atoms with Crippen LogP contribution in [-0.4, -0.2) is 25.7 Å². The first kappa shape index (κ1) is 21.7. The van der Waals surface area contributed by atoms with Crippen LogP contribution in [0.5, 0.6) is 0 Å². The molecule has 0 aliphatic heterocycles. The molecule has 0 amide bonds. The maximum atomic E-state index is 12.8. The van der Waals surface area contributed by atoms with E-state index in [0.29, 0.717) is 12.2 Å². The van der Waals surface area contributed by atoms with E-state index >= 15 is 0 Å². The van der Waals surface area contributed by atoms with E-state index in [0.717, 1.165) is 10.5 Å². The number of hydrogen-bond donors (Lipinski definition) is 0. The molecule has 2 rings (SSSR count). The first-order valence-corrected chi connectivity index (χ1v) is 11.8. The molecule has 0 spiro atoms. The lowest BCUT2D eigenvalue weighted by molar-refractivity contribution is -0.122. The molecule has 0 aromatic heterocycles. The summed E-state index contributed by atoms with van der Waals surface area (Å²) in [6.07, 6.45) is 0.405. The van der Waals surface area contributed by atoms with Gasteiger partial charge in [-0.05, 0) is 44.0 Å². The minimum Gasteiger partial charge on any atom is -0.299 e. The van der Waals surface area contributed by atoms with Gasteiger partial charge in [0, 0.05) is 23.0 Å². The van der Waals surface area contributed by atoms with E-state index in [9.17, 15) is 13.2 Å². The molecule has 5 heteroatoms. The fraction of sp³-hybridized carbons (Fsp3) is 0.409. The first-order valence-electron chi connectivity index (χ1n) is 9.19. The average Bonchev–Trinajstić information content (AvgIpc) is 2.59. The van der Waals surface area contributed by atoms with Gasteiger partial charge in [-0.25, -0.2) is 8.42 Å². The van der Waals surface area contributed by atoms with Crippen molar-refractivity contribution in [2.45, 2.75) is 43.9 Å². The van der Waals surface area contributed by atoms with Gasteiger partial charge in [-0.3, -0.25) is 4.79 Å². The fourth-order valence-corrected chi connectivity index (χ4v) is 5.49. The molecule has 0 bridgehead atoms. The van der Waals surface area contributed by atoms with E-state index in [-0.39, 0.29) is 22.3 Å². The Bertz CT molecular complexity index is 851. The number of rotatable bonds is 9. The molecule has 0 saturated heterocycles. The number of ketones is 1. The first-order chi connectivity index (χ1) is 12.7. The standard InChI is InChI=1S/C22H28O3S2/c1-16(2)13-22(23)19(14-26-20-9-5-17(3)6-10-20)15-27(24,25)21-11-7-18(4)8-12-21/h5-12,16,19H,13-15H2,1-4H3. The topological polar surface area (TPSA) is 51.2 Å². The van der Waals surface area contributed by atoms with Gasteiger partial charge in [0.2, 0.25) is 0 Å². The Kier molecular flexibility index (Phi) is 7.68. The van der Waals surface area contributed by atoms with Gasteiger partial charge in [0.05, 0.1) is 10.6 Å². The van der Waals surface area contributed by atoms with Crippen LogP contribution >= 0.6 is 11.8 Å². The van der Waals surface area contributed by atoms with Crippen LogP contribution in [0.1, 0.15) is 31.4 Å². The van der Waals surface area contributed by atoms with Crippen molar-refractivity contribution in [3.05, 3.63) is 59.7 Å². The van der Waals surface area contributed by atoms with E-state index in [1.165, 1.54) is 5.56 Å². The van der Waals surface area contributed by atoms with E-state index in [4.69, 9.17) is 0 Å². The Morgan fingerprint density at radius 2 is 1.44 bits per heavy atom. The summed E-state index contributed by atoms with van der Waals surface area (Å²) in [6.45, 7) is 7.91. The number of carbonyl (C=O) groups is 1. The smallest absolute Gasteiger partial charge is 0.179 e. The van der Waals surface area contributed by atoms with Gasteiger partial charge in [-0.2, -0.15) is 0 Å². The quantitative estimate of drug-likeness (QED) is 0.546. The summed E-state index contributed by atoms with van der Waals surface area (Å²) in [4.78, 5) is 14.1. The minimum absolute atomic E-state index is 0.0281. The Morgan fingerprint density at radius 1 is 0.926 bits per heavy atom. The lowest BCUT2D eigenvalue weighted by Crippen LogP contribution is -2.27. The highest BCUT2D eigenvalue weighted by atomic mass is 32.2. The summed E-state index contributed by atoms with van der Waals surface area (Å²) in [5, 5.41) is 0. The van der Waals surface area contributed by atoms with Crippen molar-refractivity contribution in [2.75, 3.05) is 11.5 Å². The van der Waals surface area contributed by atoms with E-state index in [1.807, 2.05) is 52.0 Å². The van der Waals surface area contributed by atoms with Crippen molar-refractivity contribution in [3.8, 4) is 0 Å². The fourth-order valence-electron chi connectivity index (χ4n) is 2.74. The molecule has 2 aromatic carbocycles. The van der Waals surface area contributed by atoms with Crippen molar-refractivity contribution < 1.29 is 13.2 Å². The maximum absolute atomic E-state index is 12.8. The molecule has 0 N–H and O–H groups in total. The van der Waals surface area contributed by atoms with Crippen molar-refractivity contribution in [1.82, 2.24) is 0 Å². The van der Waals surface area contributed by atoms with Crippen LogP contribution in [0.2, 0.25) is 0 Å². The summed E-state index contributed by atoms with van der Waals surface area (Å²) in [6, 6.07) is 14.9. The number of hydrogen-bond acceptors (Lipinski definition) is 4. The summed E-state index contributed by atoms with van der Waals surface area (Å²) in [5.41, 5.74) is 2.19. The van der Waals surface area contributed by atoms with Gasteiger partial charge >= 0.3 is 0 Å². The minimum atomic E-state index is -3.50. The number of benzene rings is 2. The van der Waals surface area contributed by atoms with Gasteiger partial charge in [0.25, 0.3) is 0 Å². The summed E-state index contributed by atoms with van der Waals surface area (Å²) < 4.78 is 25.7. The molecule has 3 nitrogen and oxygen atoms in total. The largest absolute Gasteiger partial charge is 0.299 e. The molecule has 146 valence electrons. The van der Waals surface area contributed by atoms with Crippen LogP contribution in [0, 0.1) is 25.7 Å². The Balaban J connectivity index is 2.16. The molecule has 0 aliphatic rings. The zero-order chi connectivity index (χ0) is 20.0. The molecular formula is C22H28O3S2. The zero-order valence-electron chi connectivity index (χ0n) is 16.4. The number of thioether (sulfide) groups is 1. The lowest BCUT2D eigenvalue weighted by atomic mass is 9.99. The van der Waals surface area contributed by atoms with Gasteiger partial charge < -0.3 is 0 Å². The number of Topliss-reactive ketones (excluding diaryl/α,β-unsaturated/α-hetero) is 1. The normalized spacial score (nSPS) is 12.9. The third kappa shape index (κ3) is 6.82. The third-order valence-corrected chi connectivity index (χ3v) is 7.34. The average molecular weight is 405 g/mol. The molecule has 0 saturated carbocycles. The summed E-state index contributed by atoms with van der Waals surface area (Å²) in [5.74, 6) is 0.0666. The number of sulfone groups is 1. The monoisotopic (exact) mass is 404 g/mol. The predicted octanol–water partition coefficient (Wildman–Crippen LogP) is 5.10. The second kappa shape index (κ2) is 9.56. The maximum Gasteiger partial charge on any atom is 0.179 e. The zero-order valence-corrected chi connectivity index (χ0v) is 18.1. The molecule has 0 radical (unpaired) electrons. The number of aryl methyl sites for hydroxylation is 2. The summed E-state index contributed by atoms with van der Waals surface area (Å²) in [7, 11) is -3.50. The molecule has 1 atom stereocenters. The lowest BCUT2D eigenvalue weighted by Gasteiger charge is -2.17. The predicted molar refractivity (Wildman–Crippen MR) is 113 cm³/mol. The van der Waals surface area contributed by atoms with E-state index < -0.39 is 15.8 Å². The van der Waals surface area contributed by atoms with Crippen LogP contribution in [-0.2, 0) is 14.6 Å². The van der Waals surface area contributed by atoms with Crippen LogP contribution in [0.15, 0.2) is 58.3 Å². The second-order valence-corrected chi connectivity index (χ2v) is 10.6. The second-order valence-electron chi connectivity index (χ2n) is 7.48. The van der Waals surface area contributed by atoms with Crippen molar-refractivity contribution in [1.29, 1.82) is 0 Å². The van der Waals surface area contributed by atoms with E-state index in [2.05, 4.69) is 0 Å². The Labute approximate surface area is 167 Å². The van der Waals surface area contributed by atoms with Crippen molar-refractivity contribution in [3.63, 3.8) is 0 Å². The van der Waals surface area contributed by atoms with Gasteiger partial charge in [0.15, 0.2) is 9.84 Å². The third-order valence-electron chi connectivity index (χ3n) is 4.34. The molecule has 2 aromatic rings. The summed E-state index contributed by atoms with van der Waals surface area (Å²) >= 11 is 1.55. The Morgan fingerprint density at radius 3 is 1.96 bits per heavy atom. The number of carbonyl (C=O) groups excluding carboxylic acids is 1. The van der Waals surface area contributed by atoms with Crippen molar-refractivity contribution in [2.24, 2.45) is 11.8 Å². The van der Waals surface area contributed by atoms with Crippen LogP contribution in [0.25, 0.3) is 0 Å². The molecule has 0 fully saturated rings. The van der Waals surface area contributed by atoms with Gasteiger partial charge in [0.1, 0.15) is 5.78 Å².